The van der Waals surface area contributed by atoms with Gasteiger partial charge in [-0.2, -0.15) is 5.10 Å². The topological polar surface area (TPSA) is 93.9 Å². The van der Waals surface area contributed by atoms with Crippen LogP contribution in [0.1, 0.15) is 30.8 Å². The predicted octanol–water partition coefficient (Wildman–Crippen LogP) is 4.77. The Kier molecular flexibility index (Phi) is 9.74. The van der Waals surface area contributed by atoms with Crippen molar-refractivity contribution in [1.82, 2.24) is 19.7 Å². The minimum Gasteiger partial charge on any atom is -0.492 e. The first-order chi connectivity index (χ1) is 19.0. The molecular weight excluding hydrogens is 519 g/mol. The Labute approximate surface area is 231 Å². The van der Waals surface area contributed by atoms with Crippen molar-refractivity contribution in [1.29, 1.82) is 0 Å². The number of carbonyl (C=O) groups excluding carboxylic acids is 1. The van der Waals surface area contributed by atoms with Crippen LogP contribution in [0, 0.1) is 5.82 Å². The molecule has 9 nitrogen and oxygen atoms in total. The van der Waals surface area contributed by atoms with Gasteiger partial charge in [0.05, 0.1) is 28.6 Å². The van der Waals surface area contributed by atoms with Gasteiger partial charge in [-0.15, -0.1) is 0 Å². The van der Waals surface area contributed by atoms with Gasteiger partial charge >= 0.3 is 0 Å². The number of halogens is 1. The van der Waals surface area contributed by atoms with E-state index >= 15 is 4.39 Å². The number of fused-ring (bicyclic) bond motifs is 3. The molecule has 0 bridgehead atoms. The van der Waals surface area contributed by atoms with Crippen LogP contribution >= 0.6 is 11.3 Å². The highest BCUT2D eigenvalue weighted by Crippen LogP contribution is 2.43. The van der Waals surface area contributed by atoms with Crippen molar-refractivity contribution in [3.05, 3.63) is 59.3 Å². The van der Waals surface area contributed by atoms with E-state index in [4.69, 9.17) is 14.6 Å². The molecule has 0 spiro atoms. The van der Waals surface area contributed by atoms with E-state index in [-0.39, 0.29) is 5.69 Å². The summed E-state index contributed by atoms with van der Waals surface area (Å²) in [5.41, 5.74) is 4.33. The molecule has 2 aromatic heterocycles. The van der Waals surface area contributed by atoms with Crippen LogP contribution in [-0.2, 0) is 22.4 Å². The Bertz CT molecular complexity index is 1380. The third-order valence-electron chi connectivity index (χ3n) is 6.25. The number of anilines is 1. The van der Waals surface area contributed by atoms with Gasteiger partial charge in [-0.05, 0) is 52.6 Å². The number of carbonyl (C=O) groups is 1. The van der Waals surface area contributed by atoms with E-state index in [0.29, 0.717) is 62.2 Å². The first-order valence-corrected chi connectivity index (χ1v) is 13.6. The largest absolute Gasteiger partial charge is 0.492 e. The summed E-state index contributed by atoms with van der Waals surface area (Å²) in [6, 6.07) is 4.80. The Morgan fingerprint density at radius 1 is 1.33 bits per heavy atom. The fraction of sp³-hybridized carbons (Fsp3) is 0.357. The van der Waals surface area contributed by atoms with Gasteiger partial charge in [0, 0.05) is 43.1 Å². The highest BCUT2D eigenvalue weighted by molar-refractivity contribution is 7.19. The molecule has 4 rings (SSSR count). The third kappa shape index (κ3) is 6.49. The Hall–Kier alpha value is -3.67. The number of nitrogens with zero attached hydrogens (tertiary/aromatic N) is 5. The second-order valence-corrected chi connectivity index (χ2v) is 9.87. The molecule has 11 heteroatoms. The lowest BCUT2D eigenvalue weighted by molar-refractivity contribution is -0.105. The predicted molar refractivity (Wildman–Crippen MR) is 154 cm³/mol. The number of benzene rings is 1. The molecule has 1 aromatic carbocycles. The Morgan fingerprint density at radius 3 is 2.87 bits per heavy atom. The Balaban J connectivity index is 1.68. The standard InChI is InChI=1S/C28H33FN6O3S/c1-5-7-19(17-30-3)25-21-9-10-23-27(39-28(32-23)31-18-36)26(21)35(33-25)24-11-8-20(16-22(24)29)38-15-13-34(4)12-14-37-6-2/h5,7-8,11,16-18H,3,6,9-10,12-15H2,1-2,4H3,(H,31,32,36)/b7-5-,19-17+. The van der Waals surface area contributed by atoms with Crippen molar-refractivity contribution < 1.29 is 18.7 Å². The van der Waals surface area contributed by atoms with Crippen LogP contribution in [0.2, 0.25) is 0 Å². The fourth-order valence-corrected chi connectivity index (χ4v) is 5.42. The number of rotatable bonds is 14. The summed E-state index contributed by atoms with van der Waals surface area (Å²) >= 11 is 1.34. The molecule has 1 N–H and O–H groups in total. The van der Waals surface area contributed by atoms with Gasteiger partial charge < -0.3 is 19.7 Å². The van der Waals surface area contributed by atoms with Crippen LogP contribution < -0.4 is 10.1 Å². The van der Waals surface area contributed by atoms with Crippen molar-refractivity contribution >= 4 is 35.2 Å². The Morgan fingerprint density at radius 2 is 2.15 bits per heavy atom. The van der Waals surface area contributed by atoms with Crippen LogP contribution in [0.15, 0.2) is 41.5 Å². The molecule has 206 valence electrons. The summed E-state index contributed by atoms with van der Waals surface area (Å²) in [6.07, 6.45) is 7.39. The molecule has 0 aliphatic heterocycles. The van der Waals surface area contributed by atoms with Gasteiger partial charge in [-0.3, -0.25) is 9.79 Å². The van der Waals surface area contributed by atoms with Crippen molar-refractivity contribution in [2.24, 2.45) is 4.99 Å². The zero-order chi connectivity index (χ0) is 27.8. The van der Waals surface area contributed by atoms with Crippen LogP contribution in [0.5, 0.6) is 5.75 Å². The molecule has 0 radical (unpaired) electrons. The number of aryl methyl sites for hydroxylation is 1. The van der Waals surface area contributed by atoms with E-state index in [0.717, 1.165) is 33.9 Å². The SMILES string of the molecule is C=N/C=C(\C=C/C)c1nn(-c2ccc(OCCN(C)CCOCC)cc2F)c2c1CCc1nc(NC=O)sc1-2. The van der Waals surface area contributed by atoms with Crippen molar-refractivity contribution in [3.63, 3.8) is 0 Å². The van der Waals surface area contributed by atoms with E-state index in [2.05, 4.69) is 26.9 Å². The molecule has 2 heterocycles. The molecular formula is C28H33FN6O3S. The maximum absolute atomic E-state index is 15.6. The molecule has 0 saturated heterocycles. The lowest BCUT2D eigenvalue weighted by atomic mass is 9.95. The molecule has 1 amide bonds. The number of nitrogens with one attached hydrogen (secondary N) is 1. The number of allylic oxidation sites excluding steroid dienone is 3. The second-order valence-electron chi connectivity index (χ2n) is 8.87. The van der Waals surface area contributed by atoms with Gasteiger partial charge in [-0.25, -0.2) is 14.1 Å². The third-order valence-corrected chi connectivity index (χ3v) is 7.29. The maximum Gasteiger partial charge on any atom is 0.213 e. The van der Waals surface area contributed by atoms with Gasteiger partial charge in [-0.1, -0.05) is 23.5 Å². The number of amides is 1. The van der Waals surface area contributed by atoms with Crippen LogP contribution in [0.25, 0.3) is 21.8 Å². The summed E-state index contributed by atoms with van der Waals surface area (Å²) < 4.78 is 28.4. The monoisotopic (exact) mass is 552 g/mol. The molecule has 1 aliphatic carbocycles. The van der Waals surface area contributed by atoms with E-state index in [1.807, 2.05) is 33.0 Å². The van der Waals surface area contributed by atoms with E-state index in [1.165, 1.54) is 17.4 Å². The highest BCUT2D eigenvalue weighted by Gasteiger charge is 2.30. The number of likely N-dealkylation sites (N-methyl/N-ethyl adjacent to an activating group) is 1. The molecule has 3 aromatic rings. The van der Waals surface area contributed by atoms with Crippen molar-refractivity contribution in [2.75, 3.05) is 45.3 Å². The van der Waals surface area contributed by atoms with Crippen LogP contribution in [0.3, 0.4) is 0 Å². The van der Waals surface area contributed by atoms with Gasteiger partial charge in [0.15, 0.2) is 10.9 Å². The lowest BCUT2D eigenvalue weighted by Gasteiger charge is -2.17. The summed E-state index contributed by atoms with van der Waals surface area (Å²) in [7, 11) is 1.99. The number of aliphatic imine (C=N–C) groups is 1. The average Bonchev–Trinajstić information content (AvgIpc) is 3.50. The smallest absolute Gasteiger partial charge is 0.213 e. The van der Waals surface area contributed by atoms with E-state index < -0.39 is 5.82 Å². The first kappa shape index (κ1) is 28.3. The summed E-state index contributed by atoms with van der Waals surface area (Å²) in [4.78, 5) is 22.5. The average molecular weight is 553 g/mol. The number of ether oxygens (including phenoxy) is 2. The first-order valence-electron chi connectivity index (χ1n) is 12.8. The normalized spacial score (nSPS) is 13.0. The van der Waals surface area contributed by atoms with Crippen molar-refractivity contribution in [3.8, 4) is 22.0 Å². The zero-order valence-corrected chi connectivity index (χ0v) is 23.3. The van der Waals surface area contributed by atoms with Gasteiger partial charge in [0.25, 0.3) is 0 Å². The van der Waals surface area contributed by atoms with Crippen molar-refractivity contribution in [2.45, 2.75) is 26.7 Å². The molecule has 39 heavy (non-hydrogen) atoms. The maximum atomic E-state index is 15.6. The second kappa shape index (κ2) is 13.4. The summed E-state index contributed by atoms with van der Waals surface area (Å²) in [5.74, 6) is -0.0210. The number of hydrogen-bond acceptors (Lipinski definition) is 8. The van der Waals surface area contributed by atoms with Crippen LogP contribution in [-0.4, -0.2) is 72.7 Å². The quantitative estimate of drug-likeness (QED) is 0.134. The van der Waals surface area contributed by atoms with Gasteiger partial charge in [0.1, 0.15) is 18.0 Å². The number of thiazole rings is 1. The highest BCUT2D eigenvalue weighted by atomic mass is 32.1. The van der Waals surface area contributed by atoms with E-state index in [1.54, 1.807) is 23.0 Å². The fourth-order valence-electron chi connectivity index (χ4n) is 4.39. The number of hydrogen-bond donors (Lipinski definition) is 1. The number of aromatic nitrogens is 3. The zero-order valence-electron chi connectivity index (χ0n) is 22.4. The molecule has 0 saturated carbocycles. The summed E-state index contributed by atoms with van der Waals surface area (Å²) in [6.45, 7) is 10.7. The minimum atomic E-state index is -0.463. The lowest BCUT2D eigenvalue weighted by Crippen LogP contribution is -2.27. The van der Waals surface area contributed by atoms with Crippen LogP contribution in [0.4, 0.5) is 9.52 Å². The molecule has 0 fully saturated rings. The molecule has 0 unspecified atom stereocenters. The van der Waals surface area contributed by atoms with E-state index in [9.17, 15) is 4.79 Å². The minimum absolute atomic E-state index is 0.288. The molecule has 1 aliphatic rings. The van der Waals surface area contributed by atoms with Gasteiger partial charge in [0.2, 0.25) is 6.41 Å². The summed E-state index contributed by atoms with van der Waals surface area (Å²) in [5, 5.41) is 7.99. The molecule has 0 atom stereocenters.